The first-order valence-electron chi connectivity index (χ1n) is 6.90. The Balaban J connectivity index is 2.35. The van der Waals surface area contributed by atoms with E-state index >= 15 is 0 Å². The van der Waals surface area contributed by atoms with Crippen molar-refractivity contribution in [2.24, 2.45) is 5.73 Å². The van der Waals surface area contributed by atoms with Gasteiger partial charge < -0.3 is 11.1 Å². The molecule has 0 saturated heterocycles. The second-order valence-corrected chi connectivity index (χ2v) is 7.12. The molecular formula is C14H23N3O3S. The number of hydrogen-bond acceptors (Lipinski definition) is 4. The number of sulfonamides is 1. The summed E-state index contributed by atoms with van der Waals surface area (Å²) in [5.41, 5.74) is 6.60. The third kappa shape index (κ3) is 5.45. The maximum Gasteiger partial charge on any atom is 0.241 e. The van der Waals surface area contributed by atoms with E-state index in [-0.39, 0.29) is 11.7 Å². The lowest BCUT2D eigenvalue weighted by Crippen LogP contribution is -2.36. The first kappa shape index (κ1) is 17.6. The predicted octanol–water partition coefficient (Wildman–Crippen LogP) is 0.474. The third-order valence-corrected chi connectivity index (χ3v) is 5.09. The topological polar surface area (TPSA) is 92.5 Å². The number of carbonyl (C=O) groups is 1. The van der Waals surface area contributed by atoms with Crippen molar-refractivity contribution in [3.05, 3.63) is 35.9 Å². The molecule has 118 valence electrons. The number of nitrogens with one attached hydrogen (secondary N) is 1. The summed E-state index contributed by atoms with van der Waals surface area (Å²) in [6, 6.07) is 8.40. The number of rotatable bonds is 8. The van der Waals surface area contributed by atoms with E-state index in [0.717, 1.165) is 5.56 Å². The molecule has 0 aliphatic carbocycles. The highest BCUT2D eigenvalue weighted by molar-refractivity contribution is 7.89. The van der Waals surface area contributed by atoms with Gasteiger partial charge in [-0.2, -0.15) is 0 Å². The van der Waals surface area contributed by atoms with E-state index in [9.17, 15) is 13.2 Å². The lowest BCUT2D eigenvalue weighted by molar-refractivity contribution is -0.122. The second-order valence-electron chi connectivity index (χ2n) is 4.76. The van der Waals surface area contributed by atoms with Gasteiger partial charge in [-0.15, -0.1) is 0 Å². The van der Waals surface area contributed by atoms with Crippen molar-refractivity contribution in [3.63, 3.8) is 0 Å². The van der Waals surface area contributed by atoms with Crippen LogP contribution in [0.1, 0.15) is 24.9 Å². The van der Waals surface area contributed by atoms with Crippen LogP contribution in [-0.4, -0.2) is 44.5 Å². The first-order chi connectivity index (χ1) is 9.88. The van der Waals surface area contributed by atoms with Gasteiger partial charge in [0, 0.05) is 20.1 Å². The van der Waals surface area contributed by atoms with Crippen LogP contribution in [-0.2, 0) is 14.8 Å². The lowest BCUT2D eigenvalue weighted by atomic mass is 10.1. The summed E-state index contributed by atoms with van der Waals surface area (Å²) in [4.78, 5) is 11.9. The maximum atomic E-state index is 11.9. The monoisotopic (exact) mass is 313 g/mol. The molecule has 0 spiro atoms. The van der Waals surface area contributed by atoms with Crippen molar-refractivity contribution in [2.45, 2.75) is 19.4 Å². The van der Waals surface area contributed by atoms with Crippen LogP contribution < -0.4 is 11.1 Å². The van der Waals surface area contributed by atoms with Crippen molar-refractivity contribution in [1.82, 2.24) is 9.62 Å². The fraction of sp³-hybridized carbons (Fsp3) is 0.500. The second kappa shape index (κ2) is 8.11. The SMILES string of the molecule is CCS(=O)(=O)N(C)CCCNC(=O)C(N)c1ccccc1. The average molecular weight is 313 g/mol. The van der Waals surface area contributed by atoms with E-state index < -0.39 is 16.1 Å². The molecule has 7 heteroatoms. The highest BCUT2D eigenvalue weighted by atomic mass is 32.2. The van der Waals surface area contributed by atoms with Gasteiger partial charge in [-0.25, -0.2) is 12.7 Å². The highest BCUT2D eigenvalue weighted by Crippen LogP contribution is 2.09. The molecule has 0 bridgehead atoms. The molecule has 1 aromatic carbocycles. The Morgan fingerprint density at radius 3 is 2.52 bits per heavy atom. The molecule has 6 nitrogen and oxygen atoms in total. The fourth-order valence-electron chi connectivity index (χ4n) is 1.79. The first-order valence-corrected chi connectivity index (χ1v) is 8.51. The smallest absolute Gasteiger partial charge is 0.241 e. The zero-order chi connectivity index (χ0) is 15.9. The minimum absolute atomic E-state index is 0.0781. The Labute approximate surface area is 126 Å². The molecule has 3 N–H and O–H groups in total. The van der Waals surface area contributed by atoms with Crippen LogP contribution in [0.25, 0.3) is 0 Å². The summed E-state index contributed by atoms with van der Waals surface area (Å²) in [6.45, 7) is 2.37. The van der Waals surface area contributed by atoms with Crippen molar-refractivity contribution < 1.29 is 13.2 Å². The van der Waals surface area contributed by atoms with E-state index in [0.29, 0.717) is 19.5 Å². The van der Waals surface area contributed by atoms with Crippen molar-refractivity contribution in [2.75, 3.05) is 25.9 Å². The molecule has 1 amide bonds. The Kier molecular flexibility index (Phi) is 6.80. The third-order valence-electron chi connectivity index (χ3n) is 3.23. The van der Waals surface area contributed by atoms with E-state index in [2.05, 4.69) is 5.32 Å². The molecule has 0 aliphatic rings. The summed E-state index contributed by atoms with van der Waals surface area (Å²) in [5, 5.41) is 2.72. The van der Waals surface area contributed by atoms with Gasteiger partial charge in [-0.3, -0.25) is 4.79 Å². The summed E-state index contributed by atoms with van der Waals surface area (Å²) < 4.78 is 24.4. The molecule has 0 aromatic heterocycles. The van der Waals surface area contributed by atoms with Crippen LogP contribution >= 0.6 is 0 Å². The molecular weight excluding hydrogens is 290 g/mol. The molecule has 0 fully saturated rings. The number of benzene rings is 1. The van der Waals surface area contributed by atoms with Gasteiger partial charge in [0.05, 0.1) is 5.75 Å². The maximum absolute atomic E-state index is 11.9. The Hall–Kier alpha value is -1.44. The predicted molar refractivity (Wildman–Crippen MR) is 83.1 cm³/mol. The van der Waals surface area contributed by atoms with E-state index in [1.165, 1.54) is 11.4 Å². The van der Waals surface area contributed by atoms with Gasteiger partial charge in [0.2, 0.25) is 15.9 Å². The lowest BCUT2D eigenvalue weighted by Gasteiger charge is -2.16. The standard InChI is InChI=1S/C14H23N3O3S/c1-3-21(19,20)17(2)11-7-10-16-14(18)13(15)12-8-5-4-6-9-12/h4-6,8-9,13H,3,7,10-11,15H2,1-2H3,(H,16,18). The van der Waals surface area contributed by atoms with Crippen molar-refractivity contribution in [3.8, 4) is 0 Å². The fourth-order valence-corrected chi connectivity index (χ4v) is 2.64. The highest BCUT2D eigenvalue weighted by Gasteiger charge is 2.16. The van der Waals surface area contributed by atoms with Crippen LogP contribution in [0, 0.1) is 0 Å². The molecule has 21 heavy (non-hydrogen) atoms. The summed E-state index contributed by atoms with van der Waals surface area (Å²) in [5.74, 6) is -0.184. The van der Waals surface area contributed by atoms with Crippen LogP contribution in [0.15, 0.2) is 30.3 Å². The van der Waals surface area contributed by atoms with Gasteiger partial charge in [0.25, 0.3) is 0 Å². The summed E-state index contributed by atoms with van der Waals surface area (Å²) in [6.07, 6.45) is 0.545. The molecule has 1 rings (SSSR count). The largest absolute Gasteiger partial charge is 0.354 e. The number of carbonyl (C=O) groups excluding carboxylic acids is 1. The Morgan fingerprint density at radius 1 is 1.33 bits per heavy atom. The average Bonchev–Trinajstić information content (AvgIpc) is 2.51. The van der Waals surface area contributed by atoms with Crippen LogP contribution in [0.3, 0.4) is 0 Å². The van der Waals surface area contributed by atoms with Crippen molar-refractivity contribution >= 4 is 15.9 Å². The van der Waals surface area contributed by atoms with Gasteiger partial charge in [0.1, 0.15) is 6.04 Å². The molecule has 1 unspecified atom stereocenters. The van der Waals surface area contributed by atoms with E-state index in [1.807, 2.05) is 18.2 Å². The normalized spacial score (nSPS) is 13.1. The zero-order valence-electron chi connectivity index (χ0n) is 12.5. The Bertz CT molecular complexity index is 546. The minimum atomic E-state index is -3.16. The van der Waals surface area contributed by atoms with E-state index in [1.54, 1.807) is 19.1 Å². The zero-order valence-corrected chi connectivity index (χ0v) is 13.3. The van der Waals surface area contributed by atoms with Gasteiger partial charge in [-0.1, -0.05) is 30.3 Å². The number of amides is 1. The van der Waals surface area contributed by atoms with E-state index in [4.69, 9.17) is 5.73 Å². The Morgan fingerprint density at radius 2 is 1.95 bits per heavy atom. The van der Waals surface area contributed by atoms with Crippen LogP contribution in [0.5, 0.6) is 0 Å². The van der Waals surface area contributed by atoms with Gasteiger partial charge in [-0.05, 0) is 18.9 Å². The molecule has 1 aromatic rings. The number of nitrogens with two attached hydrogens (primary N) is 1. The molecule has 0 saturated carbocycles. The number of nitrogens with zero attached hydrogens (tertiary/aromatic N) is 1. The quantitative estimate of drug-likeness (QED) is 0.683. The van der Waals surface area contributed by atoms with Crippen molar-refractivity contribution in [1.29, 1.82) is 0 Å². The number of hydrogen-bond donors (Lipinski definition) is 2. The van der Waals surface area contributed by atoms with Gasteiger partial charge in [0.15, 0.2) is 0 Å². The van der Waals surface area contributed by atoms with Crippen LogP contribution in [0.2, 0.25) is 0 Å². The minimum Gasteiger partial charge on any atom is -0.354 e. The van der Waals surface area contributed by atoms with Crippen LogP contribution in [0.4, 0.5) is 0 Å². The molecule has 0 radical (unpaired) electrons. The summed E-state index contributed by atoms with van der Waals surface area (Å²) >= 11 is 0. The molecule has 1 atom stereocenters. The summed E-state index contributed by atoms with van der Waals surface area (Å²) in [7, 11) is -1.62. The molecule has 0 heterocycles. The molecule has 0 aliphatic heterocycles. The van der Waals surface area contributed by atoms with Gasteiger partial charge >= 0.3 is 0 Å².